The summed E-state index contributed by atoms with van der Waals surface area (Å²) in [6, 6.07) is 6.69. The zero-order chi connectivity index (χ0) is 14.5. The van der Waals surface area contributed by atoms with Gasteiger partial charge in [-0.1, -0.05) is 12.1 Å². The third-order valence-electron chi connectivity index (χ3n) is 2.82. The lowest BCUT2D eigenvalue weighted by Gasteiger charge is -2.11. The van der Waals surface area contributed by atoms with Gasteiger partial charge in [0, 0.05) is 13.1 Å². The predicted molar refractivity (Wildman–Crippen MR) is 73.2 cm³/mol. The van der Waals surface area contributed by atoms with Gasteiger partial charge in [-0.05, 0) is 31.7 Å². The lowest BCUT2D eigenvalue weighted by atomic mass is 10.1. The summed E-state index contributed by atoms with van der Waals surface area (Å²) in [5.41, 5.74) is 0.993. The molecule has 0 saturated heterocycles. The number of carbonyl (C=O) groups excluding carboxylic acids is 1. The maximum Gasteiger partial charge on any atom is 0.241 e. The molecule has 0 bridgehead atoms. The molecule has 1 aromatic rings. The highest BCUT2D eigenvalue weighted by Gasteiger charge is 2.15. The van der Waals surface area contributed by atoms with Crippen LogP contribution in [0.5, 0.6) is 0 Å². The maximum atomic E-state index is 11.9. The molecule has 0 fully saturated rings. The van der Waals surface area contributed by atoms with Gasteiger partial charge in [0.05, 0.1) is 11.4 Å². The molecule has 1 atom stereocenters. The number of benzene rings is 1. The van der Waals surface area contributed by atoms with E-state index >= 15 is 0 Å². The molecular weight excluding hydrogens is 266 g/mol. The first kappa shape index (κ1) is 15.6. The number of rotatable bonds is 6. The van der Waals surface area contributed by atoms with Gasteiger partial charge in [-0.15, -0.1) is 0 Å². The quantitative estimate of drug-likeness (QED) is 0.686. The Morgan fingerprint density at radius 2 is 1.79 bits per heavy atom. The molecule has 7 heteroatoms. The Morgan fingerprint density at radius 3 is 2.26 bits per heavy atom. The van der Waals surface area contributed by atoms with E-state index in [9.17, 15) is 13.2 Å². The molecule has 0 aliphatic heterocycles. The second-order valence-electron chi connectivity index (χ2n) is 4.08. The van der Waals surface area contributed by atoms with Crippen molar-refractivity contribution in [3.8, 4) is 0 Å². The summed E-state index contributed by atoms with van der Waals surface area (Å²) in [4.78, 5) is 11.2. The number of hydrogen-bond acceptors (Lipinski definition) is 4. The van der Waals surface area contributed by atoms with Crippen LogP contribution >= 0.6 is 0 Å². The Labute approximate surface area is 113 Å². The number of nitrogens with one attached hydrogen (secondary N) is 3. The molecule has 106 valence electrons. The fourth-order valence-corrected chi connectivity index (χ4v) is 2.42. The van der Waals surface area contributed by atoms with Crippen molar-refractivity contribution < 1.29 is 13.2 Å². The fourth-order valence-electron chi connectivity index (χ4n) is 1.43. The summed E-state index contributed by atoms with van der Waals surface area (Å²) in [6.45, 7) is 1.71. The molecule has 19 heavy (non-hydrogen) atoms. The third kappa shape index (κ3) is 4.30. The number of likely N-dealkylation sites (N-methyl/N-ethyl adjacent to an activating group) is 1. The topological polar surface area (TPSA) is 87.3 Å². The molecular formula is C12H19N3O3S. The van der Waals surface area contributed by atoms with Gasteiger partial charge in [0.2, 0.25) is 15.9 Å². The van der Waals surface area contributed by atoms with E-state index in [1.807, 2.05) is 14.0 Å². The molecule has 0 spiro atoms. The van der Waals surface area contributed by atoms with E-state index in [4.69, 9.17) is 0 Å². The smallest absolute Gasteiger partial charge is 0.241 e. The zero-order valence-corrected chi connectivity index (χ0v) is 12.0. The molecule has 0 aliphatic rings. The van der Waals surface area contributed by atoms with E-state index in [-0.39, 0.29) is 23.4 Å². The summed E-state index contributed by atoms with van der Waals surface area (Å²) in [7, 11) is -0.363. The first-order valence-corrected chi connectivity index (χ1v) is 7.36. The molecule has 6 nitrogen and oxygen atoms in total. The van der Waals surface area contributed by atoms with Crippen molar-refractivity contribution in [3.05, 3.63) is 29.8 Å². The van der Waals surface area contributed by atoms with E-state index in [2.05, 4.69) is 15.4 Å². The summed E-state index contributed by atoms with van der Waals surface area (Å²) in [6.07, 6.45) is 0. The van der Waals surface area contributed by atoms with Crippen LogP contribution in [-0.2, 0) is 14.8 Å². The minimum Gasteiger partial charge on any atom is -0.358 e. The van der Waals surface area contributed by atoms with Crippen LogP contribution in [0.2, 0.25) is 0 Å². The first-order valence-electron chi connectivity index (χ1n) is 5.88. The molecule has 0 saturated carbocycles. The lowest BCUT2D eigenvalue weighted by molar-refractivity contribution is -0.119. The van der Waals surface area contributed by atoms with E-state index in [0.29, 0.717) is 0 Å². The van der Waals surface area contributed by atoms with Gasteiger partial charge in [-0.3, -0.25) is 4.79 Å². The Balaban J connectivity index is 2.82. The maximum absolute atomic E-state index is 11.9. The average Bonchev–Trinajstić information content (AvgIpc) is 2.44. The van der Waals surface area contributed by atoms with Crippen molar-refractivity contribution in [2.24, 2.45) is 0 Å². The van der Waals surface area contributed by atoms with Crippen molar-refractivity contribution in [3.63, 3.8) is 0 Å². The summed E-state index contributed by atoms with van der Waals surface area (Å²) in [5, 5.41) is 5.42. The number of carbonyl (C=O) groups is 1. The van der Waals surface area contributed by atoms with E-state index in [1.54, 1.807) is 12.1 Å². The number of amides is 1. The zero-order valence-electron chi connectivity index (χ0n) is 11.2. The summed E-state index contributed by atoms with van der Waals surface area (Å²) < 4.78 is 26.0. The molecule has 1 rings (SSSR count). The predicted octanol–water partition coefficient (Wildman–Crippen LogP) is -0.00870. The van der Waals surface area contributed by atoms with Crippen molar-refractivity contribution in [2.75, 3.05) is 20.6 Å². The van der Waals surface area contributed by atoms with E-state index < -0.39 is 10.0 Å². The molecule has 1 amide bonds. The van der Waals surface area contributed by atoms with Crippen LogP contribution in [0.3, 0.4) is 0 Å². The highest BCUT2D eigenvalue weighted by atomic mass is 32.2. The van der Waals surface area contributed by atoms with Crippen LogP contribution in [0.1, 0.15) is 18.5 Å². The second-order valence-corrected chi connectivity index (χ2v) is 5.84. The van der Waals surface area contributed by atoms with Crippen molar-refractivity contribution in [1.29, 1.82) is 0 Å². The molecule has 3 N–H and O–H groups in total. The highest BCUT2D eigenvalue weighted by molar-refractivity contribution is 7.89. The molecule has 0 heterocycles. The Bertz CT molecular complexity index is 526. The van der Waals surface area contributed by atoms with Crippen LogP contribution in [0.4, 0.5) is 0 Å². The molecule has 1 aromatic carbocycles. The molecule has 0 aromatic heterocycles. The van der Waals surface area contributed by atoms with Crippen LogP contribution in [0.25, 0.3) is 0 Å². The van der Waals surface area contributed by atoms with Gasteiger partial charge in [0.1, 0.15) is 0 Å². The van der Waals surface area contributed by atoms with Crippen molar-refractivity contribution in [2.45, 2.75) is 17.9 Å². The summed E-state index contributed by atoms with van der Waals surface area (Å²) >= 11 is 0. The highest BCUT2D eigenvalue weighted by Crippen LogP contribution is 2.15. The van der Waals surface area contributed by atoms with Crippen molar-refractivity contribution in [1.82, 2.24) is 15.4 Å². The standard InChI is InChI=1S/C12H19N3O3S/c1-9(13-2)10-4-6-11(7-5-10)19(17,18)15-8-12(16)14-3/h4-7,9,13,15H,8H2,1-3H3,(H,14,16). The van der Waals surface area contributed by atoms with Gasteiger partial charge in [-0.2, -0.15) is 0 Å². The van der Waals surface area contributed by atoms with Crippen molar-refractivity contribution >= 4 is 15.9 Å². The van der Waals surface area contributed by atoms with Gasteiger partial charge in [-0.25, -0.2) is 13.1 Å². The van der Waals surface area contributed by atoms with E-state index in [1.165, 1.54) is 19.2 Å². The third-order valence-corrected chi connectivity index (χ3v) is 4.24. The first-order chi connectivity index (χ1) is 8.90. The molecule has 0 radical (unpaired) electrons. The lowest BCUT2D eigenvalue weighted by Crippen LogP contribution is -2.35. The van der Waals surface area contributed by atoms with Crippen LogP contribution in [0.15, 0.2) is 29.2 Å². The minimum atomic E-state index is -3.65. The largest absolute Gasteiger partial charge is 0.358 e. The van der Waals surface area contributed by atoms with Gasteiger partial charge < -0.3 is 10.6 Å². The average molecular weight is 285 g/mol. The van der Waals surface area contributed by atoms with Gasteiger partial charge >= 0.3 is 0 Å². The van der Waals surface area contributed by atoms with Crippen LogP contribution < -0.4 is 15.4 Å². The van der Waals surface area contributed by atoms with E-state index in [0.717, 1.165) is 5.56 Å². The Kier molecular flexibility index (Phi) is 5.46. The second kappa shape index (κ2) is 6.65. The Hall–Kier alpha value is -1.44. The molecule has 0 aliphatic carbocycles. The van der Waals surface area contributed by atoms with Gasteiger partial charge in [0.15, 0.2) is 0 Å². The number of sulfonamides is 1. The molecule has 1 unspecified atom stereocenters. The van der Waals surface area contributed by atoms with Crippen LogP contribution in [0, 0.1) is 0 Å². The summed E-state index contributed by atoms with van der Waals surface area (Å²) in [5.74, 6) is -0.385. The Morgan fingerprint density at radius 1 is 1.21 bits per heavy atom. The minimum absolute atomic E-state index is 0.142. The number of hydrogen-bond donors (Lipinski definition) is 3. The van der Waals surface area contributed by atoms with Crippen LogP contribution in [-0.4, -0.2) is 35.0 Å². The fraction of sp³-hybridized carbons (Fsp3) is 0.417. The SMILES string of the molecule is CNC(=O)CNS(=O)(=O)c1ccc(C(C)NC)cc1. The monoisotopic (exact) mass is 285 g/mol. The normalized spacial score (nSPS) is 13.0. The van der Waals surface area contributed by atoms with Gasteiger partial charge in [0.25, 0.3) is 0 Å².